The Morgan fingerprint density at radius 2 is 1.12 bits per heavy atom. The molecule has 0 saturated heterocycles. The Morgan fingerprint density at radius 3 is 1.38 bits per heavy atom. The molecule has 0 aliphatic rings. The third kappa shape index (κ3) is 7.19. The van der Waals surface area contributed by atoms with Crippen molar-refractivity contribution in [1.29, 1.82) is 0 Å². The van der Waals surface area contributed by atoms with Crippen LogP contribution in [0.3, 0.4) is 0 Å². The van der Waals surface area contributed by atoms with E-state index in [2.05, 4.69) is 0 Å². The highest BCUT2D eigenvalue weighted by Gasteiger charge is 2.04. The molecular weight excluding hydrogens is 212 g/mol. The lowest BCUT2D eigenvalue weighted by Crippen LogP contribution is -2.28. The van der Waals surface area contributed by atoms with E-state index in [0.717, 1.165) is 0 Å². The molecule has 0 rings (SSSR count). The Bertz CT molecular complexity index is 205. The second-order valence-corrected chi connectivity index (χ2v) is 3.68. The normalized spacial score (nSPS) is 10.0. The Hall–Kier alpha value is -1.14. The first-order valence-electron chi connectivity index (χ1n) is 5.01. The maximum absolute atomic E-state index is 11.1. The van der Waals surface area contributed by atoms with E-state index >= 15 is 0 Å². The van der Waals surface area contributed by atoms with Crippen LogP contribution in [0.4, 0.5) is 0 Å². The van der Waals surface area contributed by atoms with Gasteiger partial charge in [0.05, 0.1) is 13.2 Å². The molecule has 0 fully saturated rings. The van der Waals surface area contributed by atoms with E-state index in [1.54, 1.807) is 28.2 Å². The zero-order valence-electron chi connectivity index (χ0n) is 10.4. The molecule has 0 heterocycles. The summed E-state index contributed by atoms with van der Waals surface area (Å²) >= 11 is 0. The van der Waals surface area contributed by atoms with E-state index in [4.69, 9.17) is 9.47 Å². The summed E-state index contributed by atoms with van der Waals surface area (Å²) in [6, 6.07) is 0. The summed E-state index contributed by atoms with van der Waals surface area (Å²) in [5.41, 5.74) is 0. The molecule has 0 aromatic rings. The van der Waals surface area contributed by atoms with Crippen molar-refractivity contribution in [3.8, 4) is 0 Å². The molecular formula is C10H20N2O4. The molecule has 94 valence electrons. The Kier molecular flexibility index (Phi) is 7.49. The number of carbonyl (C=O) groups excluding carboxylic acids is 2. The fraction of sp³-hybridized carbons (Fsp3) is 0.800. The van der Waals surface area contributed by atoms with Crippen LogP contribution >= 0.6 is 0 Å². The molecule has 0 aromatic heterocycles. The van der Waals surface area contributed by atoms with Crippen LogP contribution in [0, 0.1) is 0 Å². The minimum absolute atomic E-state index is 0.0397. The first-order chi connectivity index (χ1) is 7.45. The third-order valence-corrected chi connectivity index (χ3v) is 1.82. The summed E-state index contributed by atoms with van der Waals surface area (Å²) in [5.74, 6) is -0.186. The number of likely N-dealkylation sites (N-methyl/N-ethyl adjacent to an activating group) is 2. The number of hydrogen-bond donors (Lipinski definition) is 0. The zero-order chi connectivity index (χ0) is 12.6. The van der Waals surface area contributed by atoms with Crippen LogP contribution in [0.25, 0.3) is 0 Å². The van der Waals surface area contributed by atoms with Gasteiger partial charge in [-0.3, -0.25) is 9.59 Å². The van der Waals surface area contributed by atoms with Crippen molar-refractivity contribution >= 4 is 11.8 Å². The summed E-state index contributed by atoms with van der Waals surface area (Å²) in [5, 5.41) is 0. The van der Waals surface area contributed by atoms with Gasteiger partial charge >= 0.3 is 0 Å². The molecule has 0 spiro atoms. The van der Waals surface area contributed by atoms with Crippen molar-refractivity contribution in [1.82, 2.24) is 9.80 Å². The lowest BCUT2D eigenvalue weighted by molar-refractivity contribution is -0.137. The van der Waals surface area contributed by atoms with E-state index in [1.165, 1.54) is 9.80 Å². The minimum atomic E-state index is -0.0932. The van der Waals surface area contributed by atoms with Crippen molar-refractivity contribution in [3.63, 3.8) is 0 Å². The number of nitrogens with zero attached hydrogens (tertiary/aromatic N) is 2. The first kappa shape index (κ1) is 14.9. The lowest BCUT2D eigenvalue weighted by Gasteiger charge is -2.11. The quantitative estimate of drug-likeness (QED) is 0.539. The van der Waals surface area contributed by atoms with Crippen molar-refractivity contribution in [3.05, 3.63) is 0 Å². The lowest BCUT2D eigenvalue weighted by atomic mass is 10.6. The van der Waals surface area contributed by atoms with Gasteiger partial charge in [0.1, 0.15) is 13.2 Å². The maximum atomic E-state index is 11.1. The number of hydrogen-bond acceptors (Lipinski definition) is 4. The molecule has 0 aromatic carbocycles. The van der Waals surface area contributed by atoms with Crippen molar-refractivity contribution in [2.75, 3.05) is 54.6 Å². The second kappa shape index (κ2) is 8.06. The average Bonchev–Trinajstić information content (AvgIpc) is 2.21. The highest BCUT2D eigenvalue weighted by molar-refractivity contribution is 5.77. The van der Waals surface area contributed by atoms with E-state index in [9.17, 15) is 9.59 Å². The molecule has 6 heteroatoms. The summed E-state index contributed by atoms with van der Waals surface area (Å²) in [6.07, 6.45) is 0. The van der Waals surface area contributed by atoms with Gasteiger partial charge in [0, 0.05) is 28.2 Å². The smallest absolute Gasteiger partial charge is 0.248 e. The van der Waals surface area contributed by atoms with Crippen molar-refractivity contribution < 1.29 is 19.1 Å². The summed E-state index contributed by atoms with van der Waals surface area (Å²) in [4.78, 5) is 25.1. The van der Waals surface area contributed by atoms with Crippen LogP contribution in [-0.2, 0) is 19.1 Å². The third-order valence-electron chi connectivity index (χ3n) is 1.82. The molecule has 0 bridgehead atoms. The van der Waals surface area contributed by atoms with Crippen molar-refractivity contribution in [2.45, 2.75) is 0 Å². The van der Waals surface area contributed by atoms with Crippen LogP contribution in [0.15, 0.2) is 0 Å². The van der Waals surface area contributed by atoms with Crippen LogP contribution in [0.1, 0.15) is 0 Å². The Labute approximate surface area is 96.1 Å². The molecule has 0 N–H and O–H groups in total. The maximum Gasteiger partial charge on any atom is 0.248 e. The van der Waals surface area contributed by atoms with Crippen LogP contribution in [0.2, 0.25) is 0 Å². The fourth-order valence-corrected chi connectivity index (χ4v) is 0.695. The minimum Gasteiger partial charge on any atom is -0.369 e. The van der Waals surface area contributed by atoms with Gasteiger partial charge in [-0.25, -0.2) is 0 Å². The predicted molar refractivity (Wildman–Crippen MR) is 59.0 cm³/mol. The van der Waals surface area contributed by atoms with Crippen LogP contribution < -0.4 is 0 Å². The fourth-order valence-electron chi connectivity index (χ4n) is 0.695. The first-order valence-corrected chi connectivity index (χ1v) is 5.01. The molecule has 0 radical (unpaired) electrons. The van der Waals surface area contributed by atoms with Gasteiger partial charge in [-0.15, -0.1) is 0 Å². The Morgan fingerprint density at radius 1 is 0.812 bits per heavy atom. The van der Waals surface area contributed by atoms with E-state index in [1.807, 2.05) is 0 Å². The predicted octanol–water partition coefficient (Wildman–Crippen LogP) is -0.804. The van der Waals surface area contributed by atoms with Crippen molar-refractivity contribution in [2.24, 2.45) is 0 Å². The van der Waals surface area contributed by atoms with Gasteiger partial charge in [0.15, 0.2) is 0 Å². The SMILES string of the molecule is CN(C)C(=O)COCCOCC(=O)N(C)C. The Balaban J connectivity index is 3.35. The van der Waals surface area contributed by atoms with Gasteiger partial charge < -0.3 is 19.3 Å². The molecule has 6 nitrogen and oxygen atoms in total. The molecule has 0 atom stereocenters. The average molecular weight is 232 g/mol. The van der Waals surface area contributed by atoms with Gasteiger partial charge in [-0.1, -0.05) is 0 Å². The highest BCUT2D eigenvalue weighted by Crippen LogP contribution is 1.85. The summed E-state index contributed by atoms with van der Waals surface area (Å²) < 4.78 is 10.1. The topological polar surface area (TPSA) is 59.1 Å². The van der Waals surface area contributed by atoms with Gasteiger partial charge in [0.25, 0.3) is 0 Å². The summed E-state index contributed by atoms with van der Waals surface area (Å²) in [7, 11) is 6.66. The number of carbonyl (C=O) groups is 2. The van der Waals surface area contributed by atoms with E-state index in [-0.39, 0.29) is 25.0 Å². The molecule has 16 heavy (non-hydrogen) atoms. The van der Waals surface area contributed by atoms with Gasteiger partial charge in [-0.2, -0.15) is 0 Å². The number of rotatable bonds is 7. The van der Waals surface area contributed by atoms with Gasteiger partial charge in [-0.05, 0) is 0 Å². The molecule has 0 saturated carbocycles. The molecule has 0 unspecified atom stereocenters. The van der Waals surface area contributed by atoms with Crippen LogP contribution in [-0.4, -0.2) is 76.2 Å². The number of amides is 2. The highest BCUT2D eigenvalue weighted by atomic mass is 16.5. The zero-order valence-corrected chi connectivity index (χ0v) is 10.4. The molecule has 0 aliphatic heterocycles. The van der Waals surface area contributed by atoms with Gasteiger partial charge in [0.2, 0.25) is 11.8 Å². The summed E-state index contributed by atoms with van der Waals surface area (Å²) in [6.45, 7) is 0.691. The van der Waals surface area contributed by atoms with E-state index < -0.39 is 0 Å². The molecule has 2 amide bonds. The van der Waals surface area contributed by atoms with Crippen LogP contribution in [0.5, 0.6) is 0 Å². The largest absolute Gasteiger partial charge is 0.369 e. The standard InChI is InChI=1S/C10H20N2O4/c1-11(2)9(13)7-15-5-6-16-8-10(14)12(3)4/h5-8H2,1-4H3. The number of ether oxygens (including phenoxy) is 2. The van der Waals surface area contributed by atoms with E-state index in [0.29, 0.717) is 13.2 Å². The molecule has 0 aliphatic carbocycles. The second-order valence-electron chi connectivity index (χ2n) is 3.68. The monoisotopic (exact) mass is 232 g/mol.